The summed E-state index contributed by atoms with van der Waals surface area (Å²) in [7, 11) is -3.47. The fourth-order valence-corrected chi connectivity index (χ4v) is 5.15. The molecule has 0 unspecified atom stereocenters. The van der Waals surface area contributed by atoms with E-state index in [1.807, 2.05) is 6.07 Å². The van der Waals surface area contributed by atoms with Gasteiger partial charge in [0.05, 0.1) is 42.3 Å². The number of sulfonamides is 1. The van der Waals surface area contributed by atoms with Crippen LogP contribution in [0.15, 0.2) is 30.6 Å². The molecule has 1 aliphatic heterocycles. The van der Waals surface area contributed by atoms with Crippen molar-refractivity contribution in [2.24, 2.45) is 0 Å². The van der Waals surface area contributed by atoms with Gasteiger partial charge in [-0.2, -0.15) is 4.98 Å². The summed E-state index contributed by atoms with van der Waals surface area (Å²) in [4.78, 5) is 30.8. The molecule has 2 fully saturated rings. The molecule has 3 N–H and O–H groups in total. The molecule has 3 aromatic rings. The van der Waals surface area contributed by atoms with Crippen LogP contribution in [0, 0.1) is 0 Å². The van der Waals surface area contributed by atoms with Crippen LogP contribution in [-0.2, 0) is 14.8 Å². The van der Waals surface area contributed by atoms with Crippen LogP contribution < -0.4 is 19.7 Å². The first-order chi connectivity index (χ1) is 18.2. The number of morpholine rings is 1. The van der Waals surface area contributed by atoms with E-state index in [-0.39, 0.29) is 23.8 Å². The van der Waals surface area contributed by atoms with Gasteiger partial charge in [-0.1, -0.05) is 0 Å². The van der Waals surface area contributed by atoms with Crippen LogP contribution in [0.4, 0.5) is 17.5 Å². The van der Waals surface area contributed by atoms with Crippen molar-refractivity contribution in [3.8, 4) is 5.88 Å². The molecule has 13 nitrogen and oxygen atoms in total. The Morgan fingerprint density at radius 1 is 1.13 bits per heavy atom. The monoisotopic (exact) mass is 543 g/mol. The number of pyridine rings is 2. The Morgan fingerprint density at radius 2 is 1.89 bits per heavy atom. The number of hydrogen-bond donors (Lipinski definition) is 3. The third kappa shape index (κ3) is 6.37. The van der Waals surface area contributed by atoms with Crippen molar-refractivity contribution in [1.82, 2.24) is 19.9 Å². The van der Waals surface area contributed by atoms with Gasteiger partial charge in [-0.25, -0.2) is 23.2 Å². The molecule has 0 radical (unpaired) electrons. The van der Waals surface area contributed by atoms with Crippen LogP contribution in [0.5, 0.6) is 5.88 Å². The standard InChI is InChI=1S/C24H29N7O6S/c1-38(34,35)30-16-12-18-20(26-14-16)13-21(31-8-10-36-11-9-31)29-22(18)37-17-4-2-15(3-5-17)27-24-25-7-6-19(28-24)23(32)33/h6-7,12-15,17,30H,2-5,8-11H2,1H3,(H,32,33)(H,25,27,28). The molecule has 202 valence electrons. The average Bonchev–Trinajstić information content (AvgIpc) is 2.89. The van der Waals surface area contributed by atoms with Gasteiger partial charge in [0.1, 0.15) is 11.9 Å². The number of anilines is 3. The first-order valence-electron chi connectivity index (χ1n) is 12.3. The van der Waals surface area contributed by atoms with Crippen molar-refractivity contribution in [1.29, 1.82) is 0 Å². The van der Waals surface area contributed by atoms with Gasteiger partial charge in [-0.15, -0.1) is 0 Å². The number of nitrogens with one attached hydrogen (secondary N) is 2. The van der Waals surface area contributed by atoms with E-state index < -0.39 is 16.0 Å². The van der Waals surface area contributed by atoms with Crippen LogP contribution in [0.3, 0.4) is 0 Å². The number of nitrogens with zero attached hydrogens (tertiary/aromatic N) is 5. The number of aromatic carboxylic acids is 1. The topological polar surface area (TPSA) is 169 Å². The normalized spacial score (nSPS) is 20.2. The van der Waals surface area contributed by atoms with Crippen LogP contribution in [0.1, 0.15) is 36.2 Å². The highest BCUT2D eigenvalue weighted by Gasteiger charge is 2.25. The number of hydrogen-bond acceptors (Lipinski definition) is 11. The number of aromatic nitrogens is 4. The second-order valence-corrected chi connectivity index (χ2v) is 11.1. The van der Waals surface area contributed by atoms with Crippen LogP contribution in [-0.4, -0.2) is 84.1 Å². The second kappa shape index (κ2) is 10.9. The summed E-state index contributed by atoms with van der Waals surface area (Å²) in [6, 6.07) is 5.00. The molecule has 0 atom stereocenters. The fraction of sp³-hybridized carbons (Fsp3) is 0.458. The summed E-state index contributed by atoms with van der Waals surface area (Å²) in [5.41, 5.74) is 0.930. The number of ether oxygens (including phenoxy) is 2. The van der Waals surface area contributed by atoms with E-state index in [2.05, 4.69) is 29.9 Å². The third-order valence-corrected chi connectivity index (χ3v) is 7.04. The minimum atomic E-state index is -3.47. The highest BCUT2D eigenvalue weighted by molar-refractivity contribution is 7.92. The van der Waals surface area contributed by atoms with Crippen molar-refractivity contribution in [2.75, 3.05) is 47.5 Å². The molecule has 14 heteroatoms. The molecule has 0 aromatic carbocycles. The predicted octanol–water partition coefficient (Wildman–Crippen LogP) is 2.13. The molecule has 3 aromatic heterocycles. The van der Waals surface area contributed by atoms with Crippen molar-refractivity contribution >= 4 is 44.3 Å². The molecular formula is C24H29N7O6S. The molecule has 2 aliphatic rings. The zero-order valence-corrected chi connectivity index (χ0v) is 21.6. The van der Waals surface area contributed by atoms with Crippen molar-refractivity contribution in [2.45, 2.75) is 37.8 Å². The van der Waals surface area contributed by atoms with Gasteiger partial charge in [0.2, 0.25) is 21.9 Å². The smallest absolute Gasteiger partial charge is 0.354 e. The Kier molecular flexibility index (Phi) is 7.42. The molecule has 1 saturated heterocycles. The first-order valence-corrected chi connectivity index (χ1v) is 14.2. The number of carboxylic acids is 1. The Labute approximate surface area is 219 Å². The van der Waals surface area contributed by atoms with Gasteiger partial charge < -0.3 is 24.8 Å². The number of carbonyl (C=O) groups is 1. The van der Waals surface area contributed by atoms with Crippen LogP contribution in [0.25, 0.3) is 10.9 Å². The lowest BCUT2D eigenvalue weighted by molar-refractivity contribution is 0.0690. The zero-order chi connectivity index (χ0) is 26.7. The van der Waals surface area contributed by atoms with E-state index >= 15 is 0 Å². The van der Waals surface area contributed by atoms with Crippen molar-refractivity contribution < 1.29 is 27.8 Å². The second-order valence-electron chi connectivity index (χ2n) is 9.36. The Balaban J connectivity index is 1.33. The van der Waals surface area contributed by atoms with Crippen molar-refractivity contribution in [3.63, 3.8) is 0 Å². The highest BCUT2D eigenvalue weighted by Crippen LogP contribution is 2.33. The maximum atomic E-state index is 11.8. The Bertz CT molecular complexity index is 1420. The van der Waals surface area contributed by atoms with E-state index in [9.17, 15) is 13.2 Å². The molecule has 0 amide bonds. The molecule has 0 spiro atoms. The fourth-order valence-electron chi connectivity index (χ4n) is 4.61. The summed E-state index contributed by atoms with van der Waals surface area (Å²) in [5.74, 6) is 0.327. The first kappa shape index (κ1) is 25.9. The summed E-state index contributed by atoms with van der Waals surface area (Å²) in [5, 5.41) is 13.0. The van der Waals surface area contributed by atoms with Gasteiger partial charge in [-0.3, -0.25) is 9.71 Å². The third-order valence-electron chi connectivity index (χ3n) is 6.43. The summed E-state index contributed by atoms with van der Waals surface area (Å²) < 4.78 is 37.9. The van der Waals surface area contributed by atoms with Gasteiger partial charge >= 0.3 is 5.97 Å². The van der Waals surface area contributed by atoms with Crippen LogP contribution in [0.2, 0.25) is 0 Å². The quantitative estimate of drug-likeness (QED) is 0.379. The molecule has 1 saturated carbocycles. The van der Waals surface area contributed by atoms with E-state index in [1.54, 1.807) is 6.07 Å². The van der Waals surface area contributed by atoms with Gasteiger partial charge in [0, 0.05) is 31.4 Å². The number of rotatable bonds is 8. The largest absolute Gasteiger partial charge is 0.477 e. The lowest BCUT2D eigenvalue weighted by atomic mass is 9.93. The summed E-state index contributed by atoms with van der Waals surface area (Å²) >= 11 is 0. The SMILES string of the molecule is CS(=O)(=O)Nc1cnc2cc(N3CCOCC3)nc(OC3CCC(Nc4nccc(C(=O)O)n4)CC3)c2c1. The minimum absolute atomic E-state index is 0.0593. The average molecular weight is 544 g/mol. The zero-order valence-electron chi connectivity index (χ0n) is 20.8. The van der Waals surface area contributed by atoms with Crippen LogP contribution >= 0.6 is 0 Å². The van der Waals surface area contributed by atoms with Crippen molar-refractivity contribution in [3.05, 3.63) is 36.3 Å². The lowest BCUT2D eigenvalue weighted by Gasteiger charge is -2.31. The van der Waals surface area contributed by atoms with Gasteiger partial charge in [0.25, 0.3) is 0 Å². The molecule has 4 heterocycles. The minimum Gasteiger partial charge on any atom is -0.477 e. The molecule has 5 rings (SSSR count). The van der Waals surface area contributed by atoms with Gasteiger partial charge in [-0.05, 0) is 37.8 Å². The number of carboxylic acid groups (broad SMARTS) is 1. The van der Waals surface area contributed by atoms with Gasteiger partial charge in [0.15, 0.2) is 5.69 Å². The predicted molar refractivity (Wildman–Crippen MR) is 140 cm³/mol. The molecular weight excluding hydrogens is 514 g/mol. The maximum absolute atomic E-state index is 11.8. The molecule has 38 heavy (non-hydrogen) atoms. The maximum Gasteiger partial charge on any atom is 0.354 e. The molecule has 0 bridgehead atoms. The number of fused-ring (bicyclic) bond motifs is 1. The summed E-state index contributed by atoms with van der Waals surface area (Å²) in [6.07, 6.45) is 6.88. The van der Waals surface area contributed by atoms with E-state index in [0.717, 1.165) is 37.8 Å². The van der Waals surface area contributed by atoms with E-state index in [0.29, 0.717) is 48.8 Å². The highest BCUT2D eigenvalue weighted by atomic mass is 32.2. The van der Waals surface area contributed by atoms with E-state index in [4.69, 9.17) is 19.6 Å². The Hall–Kier alpha value is -3.78. The lowest BCUT2D eigenvalue weighted by Crippen LogP contribution is -2.37. The molecule has 1 aliphatic carbocycles. The van der Waals surface area contributed by atoms with E-state index in [1.165, 1.54) is 18.5 Å². The summed E-state index contributed by atoms with van der Waals surface area (Å²) in [6.45, 7) is 2.62. The Morgan fingerprint density at radius 3 is 2.61 bits per heavy atom.